The Kier molecular flexibility index (Phi) is 3.96. The van der Waals surface area contributed by atoms with Gasteiger partial charge in [0.15, 0.2) is 5.75 Å². The molecule has 0 fully saturated rings. The minimum Gasteiger partial charge on any atom is -0.488 e. The van der Waals surface area contributed by atoms with Gasteiger partial charge in [-0.1, -0.05) is 12.1 Å². The average Bonchev–Trinajstić information content (AvgIpc) is 2.81. The lowest BCUT2D eigenvalue weighted by Crippen LogP contribution is -2.10. The molecule has 1 aromatic heterocycles. The highest BCUT2D eigenvalue weighted by Crippen LogP contribution is 2.32. The molecule has 4 nitrogen and oxygen atoms in total. The summed E-state index contributed by atoms with van der Waals surface area (Å²) in [6.07, 6.45) is 1.51. The molecule has 2 aromatic rings. The van der Waals surface area contributed by atoms with E-state index in [9.17, 15) is 0 Å². The quantitative estimate of drug-likeness (QED) is 0.768. The summed E-state index contributed by atoms with van der Waals surface area (Å²) in [5.74, 6) is 0.698. The molecule has 0 unspecified atom stereocenters. The third-order valence-corrected chi connectivity index (χ3v) is 3.15. The van der Waals surface area contributed by atoms with Crippen LogP contribution in [-0.2, 0) is 0 Å². The molecule has 102 valence electrons. The highest BCUT2D eigenvalue weighted by molar-refractivity contribution is 5.86. The van der Waals surface area contributed by atoms with Crippen molar-refractivity contribution in [1.29, 1.82) is 10.5 Å². The molecule has 1 aromatic carbocycles. The third kappa shape index (κ3) is 2.92. The number of benzene rings is 1. The minimum absolute atomic E-state index is 0.200. The Morgan fingerprint density at radius 1 is 1.25 bits per heavy atom. The number of nitrogens with zero attached hydrogens (tertiary/aromatic N) is 2. The van der Waals surface area contributed by atoms with E-state index in [2.05, 4.69) is 6.07 Å². The van der Waals surface area contributed by atoms with Crippen LogP contribution in [0.2, 0.25) is 0 Å². The number of ether oxygens (including phenoxy) is 1. The fourth-order valence-corrected chi connectivity index (χ4v) is 1.98. The van der Waals surface area contributed by atoms with Gasteiger partial charge >= 0.3 is 0 Å². The summed E-state index contributed by atoms with van der Waals surface area (Å²) < 4.78 is 11.1. The summed E-state index contributed by atoms with van der Waals surface area (Å²) >= 11 is 0. The van der Waals surface area contributed by atoms with E-state index in [1.807, 2.05) is 44.2 Å². The molecular weight excluding hydrogens is 252 g/mol. The molecule has 4 heteroatoms. The van der Waals surface area contributed by atoms with E-state index in [1.54, 1.807) is 0 Å². The van der Waals surface area contributed by atoms with Gasteiger partial charge in [-0.15, -0.1) is 0 Å². The Labute approximate surface area is 118 Å². The lowest BCUT2D eigenvalue weighted by Gasteiger charge is -2.14. The predicted octanol–water partition coefficient (Wildman–Crippen LogP) is 4.01. The molecule has 0 radical (unpaired) electrons. The number of para-hydroxylation sites is 1. The fraction of sp³-hybridized carbons (Fsp3) is 0.375. The predicted molar refractivity (Wildman–Crippen MR) is 75.1 cm³/mol. The number of hydrogen-bond donors (Lipinski definition) is 0. The van der Waals surface area contributed by atoms with E-state index in [0.29, 0.717) is 17.9 Å². The van der Waals surface area contributed by atoms with Gasteiger partial charge in [0.25, 0.3) is 0 Å². The minimum atomic E-state index is -0.347. The molecule has 0 bridgehead atoms. The van der Waals surface area contributed by atoms with Crippen LogP contribution in [0.4, 0.5) is 0 Å². The maximum absolute atomic E-state index is 9.08. The van der Waals surface area contributed by atoms with Crippen LogP contribution in [0, 0.1) is 28.1 Å². The number of hydrogen-bond acceptors (Lipinski definition) is 4. The van der Waals surface area contributed by atoms with Crippen LogP contribution < -0.4 is 4.74 Å². The van der Waals surface area contributed by atoms with Crippen LogP contribution in [0.25, 0.3) is 11.0 Å². The zero-order chi connectivity index (χ0) is 14.6. The smallest absolute Gasteiger partial charge is 0.246 e. The first kappa shape index (κ1) is 14.0. The second kappa shape index (κ2) is 5.67. The van der Waals surface area contributed by atoms with E-state index in [4.69, 9.17) is 19.7 Å². The highest BCUT2D eigenvalue weighted by Gasteiger charge is 2.18. The van der Waals surface area contributed by atoms with E-state index in [1.165, 1.54) is 0 Å². The number of fused-ring (bicyclic) bond motifs is 1. The van der Waals surface area contributed by atoms with Crippen molar-refractivity contribution in [3.8, 4) is 17.9 Å². The van der Waals surface area contributed by atoms with E-state index in [0.717, 1.165) is 18.2 Å². The van der Waals surface area contributed by atoms with E-state index >= 15 is 0 Å². The molecule has 0 amide bonds. The van der Waals surface area contributed by atoms with E-state index in [-0.39, 0.29) is 11.2 Å². The fourth-order valence-electron chi connectivity index (χ4n) is 1.98. The lowest BCUT2D eigenvalue weighted by atomic mass is 9.90. The van der Waals surface area contributed by atoms with Crippen molar-refractivity contribution in [2.24, 2.45) is 5.41 Å². The van der Waals surface area contributed by atoms with Crippen molar-refractivity contribution in [1.82, 2.24) is 0 Å². The van der Waals surface area contributed by atoms with Gasteiger partial charge in [0, 0.05) is 0 Å². The van der Waals surface area contributed by atoms with Crippen molar-refractivity contribution in [3.05, 3.63) is 30.0 Å². The van der Waals surface area contributed by atoms with Crippen LogP contribution >= 0.6 is 0 Å². The van der Waals surface area contributed by atoms with Crippen molar-refractivity contribution in [2.45, 2.75) is 26.7 Å². The highest BCUT2D eigenvalue weighted by atomic mass is 16.5. The van der Waals surface area contributed by atoms with Crippen molar-refractivity contribution in [2.75, 3.05) is 6.61 Å². The van der Waals surface area contributed by atoms with Crippen molar-refractivity contribution < 1.29 is 9.15 Å². The molecule has 0 spiro atoms. The molecule has 0 saturated heterocycles. The van der Waals surface area contributed by atoms with Gasteiger partial charge in [-0.2, -0.15) is 10.5 Å². The molecule has 20 heavy (non-hydrogen) atoms. The zero-order valence-electron chi connectivity index (χ0n) is 11.6. The van der Waals surface area contributed by atoms with E-state index < -0.39 is 0 Å². The summed E-state index contributed by atoms with van der Waals surface area (Å²) in [5.41, 5.74) is 0.302. The topological polar surface area (TPSA) is 69.9 Å². The number of nitriles is 2. The molecule has 2 rings (SSSR count). The Hall–Kier alpha value is -2.46. The lowest BCUT2D eigenvalue weighted by molar-refractivity contribution is 0.283. The van der Waals surface area contributed by atoms with Crippen molar-refractivity contribution in [3.63, 3.8) is 0 Å². The first-order chi connectivity index (χ1) is 9.57. The second-order valence-corrected chi connectivity index (χ2v) is 5.32. The Morgan fingerprint density at radius 2 is 2.00 bits per heavy atom. The summed E-state index contributed by atoms with van der Waals surface area (Å²) in [6.45, 7) is 4.27. The maximum atomic E-state index is 9.08. The van der Waals surface area contributed by atoms with Crippen molar-refractivity contribution >= 4 is 11.0 Å². The Morgan fingerprint density at radius 3 is 2.70 bits per heavy atom. The standard InChI is InChI=1S/C16H16N2O2/c1-16(2,11-18)8-5-9-19-15-12-6-3-4-7-13(12)20-14(15)10-17/h3-4,6-7H,5,8-9H2,1-2H3. The molecule has 0 N–H and O–H groups in total. The summed E-state index contributed by atoms with van der Waals surface area (Å²) in [6, 6.07) is 11.7. The molecule has 0 aliphatic rings. The average molecular weight is 268 g/mol. The van der Waals surface area contributed by atoms with Gasteiger partial charge < -0.3 is 9.15 Å². The van der Waals surface area contributed by atoms with Gasteiger partial charge in [0.1, 0.15) is 11.7 Å². The summed E-state index contributed by atoms with van der Waals surface area (Å²) in [7, 11) is 0. The third-order valence-electron chi connectivity index (χ3n) is 3.15. The van der Waals surface area contributed by atoms with Gasteiger partial charge in [0.2, 0.25) is 5.76 Å². The van der Waals surface area contributed by atoms with Gasteiger partial charge in [-0.25, -0.2) is 0 Å². The van der Waals surface area contributed by atoms with Gasteiger partial charge in [-0.3, -0.25) is 0 Å². The SMILES string of the molecule is CC(C)(C#N)CCCOc1c(C#N)oc2ccccc12. The normalized spacial score (nSPS) is 11.0. The second-order valence-electron chi connectivity index (χ2n) is 5.32. The first-order valence-corrected chi connectivity index (χ1v) is 6.53. The van der Waals surface area contributed by atoms with Gasteiger partial charge in [-0.05, 0) is 38.8 Å². The largest absolute Gasteiger partial charge is 0.488 e. The first-order valence-electron chi connectivity index (χ1n) is 6.53. The van der Waals surface area contributed by atoms with Crippen LogP contribution in [0.5, 0.6) is 5.75 Å². The molecule has 0 atom stereocenters. The van der Waals surface area contributed by atoms with Crippen LogP contribution in [0.3, 0.4) is 0 Å². The molecular formula is C16H16N2O2. The molecule has 0 aliphatic carbocycles. The Balaban J connectivity index is 2.07. The summed E-state index contributed by atoms with van der Waals surface area (Å²) in [4.78, 5) is 0. The zero-order valence-corrected chi connectivity index (χ0v) is 11.6. The molecule has 1 heterocycles. The number of rotatable bonds is 5. The van der Waals surface area contributed by atoms with Gasteiger partial charge in [0.05, 0.1) is 23.5 Å². The van der Waals surface area contributed by atoms with Crippen LogP contribution in [-0.4, -0.2) is 6.61 Å². The molecule has 0 saturated carbocycles. The monoisotopic (exact) mass is 268 g/mol. The molecule has 0 aliphatic heterocycles. The number of furan rings is 1. The summed E-state index contributed by atoms with van der Waals surface area (Å²) in [5, 5.41) is 18.8. The Bertz CT molecular complexity index is 687. The maximum Gasteiger partial charge on any atom is 0.246 e. The van der Waals surface area contributed by atoms with Crippen LogP contribution in [0.15, 0.2) is 28.7 Å². The van der Waals surface area contributed by atoms with Crippen LogP contribution in [0.1, 0.15) is 32.4 Å².